The second-order valence-electron chi connectivity index (χ2n) is 7.81. The van der Waals surface area contributed by atoms with Crippen molar-refractivity contribution >= 4 is 31.7 Å². The van der Waals surface area contributed by atoms with Crippen molar-refractivity contribution in [3.63, 3.8) is 0 Å². The average Bonchev–Trinajstić information content (AvgIpc) is 3.12. The second kappa shape index (κ2) is 9.86. The Morgan fingerprint density at radius 3 is 2.53 bits per heavy atom. The summed E-state index contributed by atoms with van der Waals surface area (Å²) in [6, 6.07) is 3.80. The largest absolute Gasteiger partial charge is 0.452 e. The number of sulfonamides is 1. The Hall–Kier alpha value is -2.02. The van der Waals surface area contributed by atoms with Gasteiger partial charge in [-0.2, -0.15) is 4.31 Å². The van der Waals surface area contributed by atoms with Crippen LogP contribution in [0.2, 0.25) is 0 Å². The van der Waals surface area contributed by atoms with Crippen molar-refractivity contribution in [3.05, 3.63) is 29.3 Å². The van der Waals surface area contributed by atoms with Crippen molar-refractivity contribution < 1.29 is 35.9 Å². The summed E-state index contributed by atoms with van der Waals surface area (Å²) in [6.07, 6.45) is 0.358. The minimum Gasteiger partial charge on any atom is -0.452 e. The quantitative estimate of drug-likeness (QED) is 0.499. The number of esters is 1. The number of carbonyl (C=O) groups excluding carboxylic acids is 2. The highest BCUT2D eigenvalue weighted by molar-refractivity contribution is 7.91. The van der Waals surface area contributed by atoms with Gasteiger partial charge in [0.15, 0.2) is 16.4 Å². The van der Waals surface area contributed by atoms with Gasteiger partial charge < -0.3 is 14.4 Å². The Bertz CT molecular complexity index is 1080. The molecule has 0 unspecified atom stereocenters. The molecule has 1 aromatic rings. The summed E-state index contributed by atoms with van der Waals surface area (Å²) in [7, 11) is -6.97. The molecule has 2 saturated heterocycles. The lowest BCUT2D eigenvalue weighted by Crippen LogP contribution is -2.43. The molecular formula is C20H28N2O8S2. The van der Waals surface area contributed by atoms with E-state index >= 15 is 0 Å². The SMILES string of the molecule is CCN(C(=O)COC(=O)c1ccc(C)c(S(=O)(=O)N2CCOCC2)c1)[C@H]1CCS(=O)(=O)C1. The van der Waals surface area contributed by atoms with Crippen molar-refractivity contribution in [1.82, 2.24) is 9.21 Å². The molecule has 178 valence electrons. The Morgan fingerprint density at radius 1 is 1.25 bits per heavy atom. The first kappa shape index (κ1) is 24.6. The van der Waals surface area contributed by atoms with Crippen LogP contribution in [0.4, 0.5) is 0 Å². The number of morpholine rings is 1. The minimum atomic E-state index is -3.81. The normalized spacial score (nSPS) is 21.2. The van der Waals surface area contributed by atoms with Gasteiger partial charge in [-0.1, -0.05) is 6.07 Å². The maximum Gasteiger partial charge on any atom is 0.338 e. The molecule has 2 aliphatic rings. The lowest BCUT2D eigenvalue weighted by molar-refractivity contribution is -0.136. The van der Waals surface area contributed by atoms with Crippen LogP contribution in [0.25, 0.3) is 0 Å². The summed E-state index contributed by atoms with van der Waals surface area (Å²) in [5, 5.41) is 0. The molecule has 1 aromatic carbocycles. The van der Waals surface area contributed by atoms with Gasteiger partial charge in [0, 0.05) is 25.7 Å². The van der Waals surface area contributed by atoms with Gasteiger partial charge in [0.05, 0.1) is 35.2 Å². The molecule has 0 aromatic heterocycles. The third kappa shape index (κ3) is 5.48. The molecule has 2 heterocycles. The van der Waals surface area contributed by atoms with E-state index in [-0.39, 0.29) is 35.1 Å². The fourth-order valence-corrected chi connectivity index (χ4v) is 7.27. The molecular weight excluding hydrogens is 460 g/mol. The van der Waals surface area contributed by atoms with Gasteiger partial charge in [0.25, 0.3) is 5.91 Å². The number of sulfone groups is 1. The zero-order valence-corrected chi connectivity index (χ0v) is 19.8. The van der Waals surface area contributed by atoms with Crippen molar-refractivity contribution in [2.45, 2.75) is 31.2 Å². The molecule has 1 atom stereocenters. The monoisotopic (exact) mass is 488 g/mol. The third-order valence-corrected chi connectivity index (χ3v) is 9.44. The van der Waals surface area contributed by atoms with E-state index < -0.39 is 44.4 Å². The van der Waals surface area contributed by atoms with Gasteiger partial charge in [0.1, 0.15) is 0 Å². The van der Waals surface area contributed by atoms with Crippen LogP contribution in [0.3, 0.4) is 0 Å². The molecule has 0 bridgehead atoms. The average molecular weight is 489 g/mol. The number of nitrogens with zero attached hydrogens (tertiary/aromatic N) is 2. The smallest absolute Gasteiger partial charge is 0.338 e. The summed E-state index contributed by atoms with van der Waals surface area (Å²) in [6.45, 7) is 4.18. The van der Waals surface area contributed by atoms with Crippen LogP contribution in [0.1, 0.15) is 29.3 Å². The molecule has 1 amide bonds. The van der Waals surface area contributed by atoms with E-state index in [2.05, 4.69) is 0 Å². The van der Waals surface area contributed by atoms with E-state index in [1.165, 1.54) is 27.4 Å². The predicted octanol–water partition coefficient (Wildman–Crippen LogP) is 0.208. The van der Waals surface area contributed by atoms with Gasteiger partial charge in [-0.05, 0) is 38.0 Å². The maximum absolute atomic E-state index is 13.0. The first-order valence-electron chi connectivity index (χ1n) is 10.4. The van der Waals surface area contributed by atoms with Gasteiger partial charge in [-0.3, -0.25) is 4.79 Å². The van der Waals surface area contributed by atoms with Crippen molar-refractivity contribution in [3.8, 4) is 0 Å². The molecule has 0 N–H and O–H groups in total. The van der Waals surface area contributed by atoms with E-state index in [1.54, 1.807) is 13.8 Å². The third-order valence-electron chi connectivity index (χ3n) is 5.65. The lowest BCUT2D eigenvalue weighted by Gasteiger charge is -2.27. The van der Waals surface area contributed by atoms with E-state index in [4.69, 9.17) is 9.47 Å². The van der Waals surface area contributed by atoms with Crippen LogP contribution in [0.15, 0.2) is 23.1 Å². The van der Waals surface area contributed by atoms with E-state index in [0.29, 0.717) is 31.7 Å². The Kier molecular flexibility index (Phi) is 7.58. The Morgan fingerprint density at radius 2 is 1.94 bits per heavy atom. The first-order chi connectivity index (χ1) is 15.0. The van der Waals surface area contributed by atoms with Gasteiger partial charge in [-0.25, -0.2) is 21.6 Å². The van der Waals surface area contributed by atoms with Gasteiger partial charge in [0.2, 0.25) is 10.0 Å². The van der Waals surface area contributed by atoms with Crippen molar-refractivity contribution in [2.75, 3.05) is 51.0 Å². The summed E-state index contributed by atoms with van der Waals surface area (Å²) in [4.78, 5) is 26.5. The highest BCUT2D eigenvalue weighted by atomic mass is 32.2. The molecule has 0 spiro atoms. The lowest BCUT2D eigenvalue weighted by atomic mass is 10.1. The number of ether oxygens (including phenoxy) is 2. The fraction of sp³-hybridized carbons (Fsp3) is 0.600. The molecule has 12 heteroatoms. The van der Waals surface area contributed by atoms with E-state index in [0.717, 1.165) is 0 Å². The molecule has 0 saturated carbocycles. The first-order valence-corrected chi connectivity index (χ1v) is 13.7. The Balaban J connectivity index is 1.69. The minimum absolute atomic E-state index is 0.00604. The van der Waals surface area contributed by atoms with Crippen LogP contribution < -0.4 is 0 Å². The number of likely N-dealkylation sites (N-methyl/N-ethyl adjacent to an activating group) is 1. The van der Waals surface area contributed by atoms with E-state index in [9.17, 15) is 26.4 Å². The molecule has 0 radical (unpaired) electrons. The van der Waals surface area contributed by atoms with E-state index in [1.807, 2.05) is 0 Å². The number of rotatable bonds is 7. The summed E-state index contributed by atoms with van der Waals surface area (Å²) < 4.78 is 61.0. The van der Waals surface area contributed by atoms with Crippen molar-refractivity contribution in [1.29, 1.82) is 0 Å². The van der Waals surface area contributed by atoms with Crippen LogP contribution >= 0.6 is 0 Å². The van der Waals surface area contributed by atoms with Crippen LogP contribution in [-0.4, -0.2) is 94.9 Å². The molecule has 2 fully saturated rings. The fourth-order valence-electron chi connectivity index (χ4n) is 3.88. The number of hydrogen-bond donors (Lipinski definition) is 0. The highest BCUT2D eigenvalue weighted by Crippen LogP contribution is 2.23. The molecule has 32 heavy (non-hydrogen) atoms. The number of amides is 1. The summed E-state index contributed by atoms with van der Waals surface area (Å²) in [5.41, 5.74) is 0.505. The number of carbonyl (C=O) groups is 2. The van der Waals surface area contributed by atoms with Crippen LogP contribution in [0, 0.1) is 6.92 Å². The van der Waals surface area contributed by atoms with Gasteiger partial charge in [-0.15, -0.1) is 0 Å². The zero-order valence-electron chi connectivity index (χ0n) is 18.2. The molecule has 3 rings (SSSR count). The maximum atomic E-state index is 13.0. The predicted molar refractivity (Wildman–Crippen MR) is 115 cm³/mol. The Labute approximate surface area is 188 Å². The standard InChI is InChI=1S/C20H28N2O8S2/c1-3-22(17-6-11-31(25,26)14-17)19(23)13-30-20(24)16-5-4-15(2)18(12-16)32(27,28)21-7-9-29-10-8-21/h4-5,12,17H,3,6-11,13-14H2,1-2H3/t17-/m0/s1. The van der Waals surface area contributed by atoms with Gasteiger partial charge >= 0.3 is 5.97 Å². The zero-order chi connectivity index (χ0) is 23.5. The van der Waals surface area contributed by atoms with Crippen LogP contribution in [0.5, 0.6) is 0 Å². The number of aryl methyl sites for hydroxylation is 1. The summed E-state index contributed by atoms with van der Waals surface area (Å²) >= 11 is 0. The highest BCUT2D eigenvalue weighted by Gasteiger charge is 2.34. The molecule has 2 aliphatic heterocycles. The molecule has 0 aliphatic carbocycles. The molecule has 10 nitrogen and oxygen atoms in total. The van der Waals surface area contributed by atoms with Crippen LogP contribution in [-0.2, 0) is 34.1 Å². The van der Waals surface area contributed by atoms with Crippen molar-refractivity contribution in [2.24, 2.45) is 0 Å². The number of benzene rings is 1. The summed E-state index contributed by atoms with van der Waals surface area (Å²) in [5.74, 6) is -1.38. The topological polar surface area (TPSA) is 127 Å². The second-order valence-corrected chi connectivity index (χ2v) is 11.9. The number of hydrogen-bond acceptors (Lipinski definition) is 8.